The Bertz CT molecular complexity index is 1050. The number of hydrogen-bond donors (Lipinski definition) is 0. The van der Waals surface area contributed by atoms with Gasteiger partial charge in [0.25, 0.3) is 0 Å². The van der Waals surface area contributed by atoms with Gasteiger partial charge in [0.2, 0.25) is 0 Å². The van der Waals surface area contributed by atoms with Gasteiger partial charge in [0.15, 0.2) is 6.61 Å². The first-order chi connectivity index (χ1) is 13.4. The predicted molar refractivity (Wildman–Crippen MR) is 108 cm³/mol. The highest BCUT2D eigenvalue weighted by atomic mass is 16.6. The molecule has 0 amide bonds. The molecule has 5 nitrogen and oxygen atoms in total. The van der Waals surface area contributed by atoms with E-state index in [4.69, 9.17) is 13.9 Å². The first-order valence-electron chi connectivity index (χ1n) is 9.29. The van der Waals surface area contributed by atoms with Gasteiger partial charge in [0.05, 0.1) is 6.10 Å². The Balaban J connectivity index is 1.92. The Hall–Kier alpha value is -3.08. The van der Waals surface area contributed by atoms with E-state index in [2.05, 4.69) is 0 Å². The van der Waals surface area contributed by atoms with Crippen molar-refractivity contribution in [3.63, 3.8) is 0 Å². The number of carbonyl (C=O) groups excluding carboxylic acids is 1. The zero-order valence-electron chi connectivity index (χ0n) is 16.6. The van der Waals surface area contributed by atoms with Crippen LogP contribution in [0.15, 0.2) is 51.7 Å². The van der Waals surface area contributed by atoms with Crippen LogP contribution < -0.4 is 10.4 Å². The normalized spacial score (nSPS) is 11.0. The third kappa shape index (κ3) is 4.25. The number of ether oxygens (including phenoxy) is 2. The molecule has 0 spiro atoms. The monoisotopic (exact) mass is 380 g/mol. The maximum Gasteiger partial charge on any atom is 0.344 e. The van der Waals surface area contributed by atoms with Crippen molar-refractivity contribution in [1.29, 1.82) is 0 Å². The summed E-state index contributed by atoms with van der Waals surface area (Å²) in [6, 6.07) is 13.5. The van der Waals surface area contributed by atoms with Crippen LogP contribution in [-0.2, 0) is 16.0 Å². The molecule has 0 radical (unpaired) electrons. The Morgan fingerprint density at radius 1 is 1.04 bits per heavy atom. The summed E-state index contributed by atoms with van der Waals surface area (Å²) < 4.78 is 16.3. The van der Waals surface area contributed by atoms with Crippen molar-refractivity contribution in [2.24, 2.45) is 0 Å². The Kier molecular flexibility index (Phi) is 5.83. The molecule has 0 aliphatic carbocycles. The van der Waals surface area contributed by atoms with Gasteiger partial charge in [0, 0.05) is 22.9 Å². The molecule has 0 atom stereocenters. The van der Waals surface area contributed by atoms with Gasteiger partial charge in [-0.25, -0.2) is 9.59 Å². The molecule has 28 heavy (non-hydrogen) atoms. The Morgan fingerprint density at radius 3 is 2.43 bits per heavy atom. The van der Waals surface area contributed by atoms with Gasteiger partial charge in [-0.2, -0.15) is 0 Å². The minimum atomic E-state index is -0.440. The summed E-state index contributed by atoms with van der Waals surface area (Å²) in [6.45, 7) is 7.11. The number of fused-ring (bicyclic) bond motifs is 1. The summed E-state index contributed by atoms with van der Waals surface area (Å²) in [7, 11) is 0. The van der Waals surface area contributed by atoms with Crippen molar-refractivity contribution in [2.75, 3.05) is 6.61 Å². The zero-order valence-corrected chi connectivity index (χ0v) is 16.6. The van der Waals surface area contributed by atoms with E-state index in [1.807, 2.05) is 50.2 Å². The number of carbonyl (C=O) groups is 1. The summed E-state index contributed by atoms with van der Waals surface area (Å²) in [5.41, 5.74) is 3.40. The fourth-order valence-electron chi connectivity index (χ4n) is 3.17. The van der Waals surface area contributed by atoms with Crippen molar-refractivity contribution in [3.05, 3.63) is 75.1 Å². The minimum Gasteiger partial charge on any atom is -0.481 e. The van der Waals surface area contributed by atoms with E-state index in [1.54, 1.807) is 19.9 Å². The number of benzene rings is 2. The third-order valence-corrected chi connectivity index (χ3v) is 4.59. The second kappa shape index (κ2) is 8.30. The highest BCUT2D eigenvalue weighted by Gasteiger charge is 2.16. The number of rotatable bonds is 6. The molecule has 3 rings (SSSR count). The van der Waals surface area contributed by atoms with E-state index in [1.165, 1.54) is 0 Å². The third-order valence-electron chi connectivity index (χ3n) is 4.59. The number of aryl methyl sites for hydroxylation is 2. The van der Waals surface area contributed by atoms with Gasteiger partial charge in [-0.05, 0) is 51.0 Å². The predicted octanol–water partition coefficient (Wildman–Crippen LogP) is 4.33. The lowest BCUT2D eigenvalue weighted by Gasteiger charge is -2.14. The molecule has 5 heteroatoms. The van der Waals surface area contributed by atoms with Crippen molar-refractivity contribution in [1.82, 2.24) is 0 Å². The quantitative estimate of drug-likeness (QED) is 0.470. The minimum absolute atomic E-state index is 0.195. The van der Waals surface area contributed by atoms with Gasteiger partial charge < -0.3 is 13.9 Å². The van der Waals surface area contributed by atoms with E-state index in [9.17, 15) is 9.59 Å². The first kappa shape index (κ1) is 19.7. The van der Waals surface area contributed by atoms with E-state index in [0.717, 1.165) is 16.5 Å². The van der Waals surface area contributed by atoms with Crippen molar-refractivity contribution in [2.45, 2.75) is 40.2 Å². The van der Waals surface area contributed by atoms with E-state index in [0.29, 0.717) is 28.9 Å². The molecule has 0 fully saturated rings. The second-order valence-electron chi connectivity index (χ2n) is 7.05. The summed E-state index contributed by atoms with van der Waals surface area (Å²) in [4.78, 5) is 24.3. The molecular weight excluding hydrogens is 356 g/mol. The summed E-state index contributed by atoms with van der Waals surface area (Å²) in [6.07, 6.45) is 0.320. The number of esters is 1. The van der Waals surface area contributed by atoms with Gasteiger partial charge >= 0.3 is 11.6 Å². The molecule has 0 unspecified atom stereocenters. The van der Waals surface area contributed by atoms with Crippen molar-refractivity contribution < 1.29 is 18.7 Å². The van der Waals surface area contributed by atoms with Gasteiger partial charge in [0.1, 0.15) is 11.3 Å². The van der Waals surface area contributed by atoms with Crippen LogP contribution >= 0.6 is 0 Å². The smallest absolute Gasteiger partial charge is 0.344 e. The molecule has 3 aromatic rings. The first-order valence-corrected chi connectivity index (χ1v) is 9.29. The topological polar surface area (TPSA) is 65.7 Å². The average molecular weight is 380 g/mol. The second-order valence-corrected chi connectivity index (χ2v) is 7.05. The van der Waals surface area contributed by atoms with Gasteiger partial charge in [-0.3, -0.25) is 0 Å². The molecule has 0 N–H and O–H groups in total. The highest BCUT2D eigenvalue weighted by Crippen LogP contribution is 2.30. The van der Waals surface area contributed by atoms with Crippen LogP contribution in [0.25, 0.3) is 11.0 Å². The lowest BCUT2D eigenvalue weighted by molar-refractivity contribution is -0.149. The van der Waals surface area contributed by atoms with E-state index < -0.39 is 5.97 Å². The van der Waals surface area contributed by atoms with Crippen LogP contribution in [0.1, 0.15) is 36.1 Å². The summed E-state index contributed by atoms with van der Waals surface area (Å²) in [5.74, 6) is 0.0527. The van der Waals surface area contributed by atoms with Gasteiger partial charge in [-0.1, -0.05) is 30.3 Å². The number of hydrogen-bond acceptors (Lipinski definition) is 5. The summed E-state index contributed by atoms with van der Waals surface area (Å²) in [5, 5.41) is 0.861. The van der Waals surface area contributed by atoms with Crippen molar-refractivity contribution in [3.8, 4) is 5.75 Å². The molecule has 2 aromatic carbocycles. The molecule has 0 aliphatic rings. The highest BCUT2D eigenvalue weighted by molar-refractivity contribution is 5.85. The summed E-state index contributed by atoms with van der Waals surface area (Å²) >= 11 is 0. The molecular formula is C23H24O5. The molecule has 0 saturated carbocycles. The Morgan fingerprint density at radius 2 is 1.75 bits per heavy atom. The zero-order chi connectivity index (χ0) is 20.3. The van der Waals surface area contributed by atoms with Crippen LogP contribution in [-0.4, -0.2) is 18.7 Å². The van der Waals surface area contributed by atoms with Gasteiger partial charge in [-0.15, -0.1) is 0 Å². The van der Waals surface area contributed by atoms with Crippen LogP contribution in [0.5, 0.6) is 5.75 Å². The maximum atomic E-state index is 12.6. The van der Waals surface area contributed by atoms with Crippen LogP contribution in [0.4, 0.5) is 0 Å². The molecule has 1 heterocycles. The lowest BCUT2D eigenvalue weighted by Crippen LogP contribution is -2.19. The Labute approximate surface area is 163 Å². The fourth-order valence-corrected chi connectivity index (χ4v) is 3.17. The molecule has 0 saturated heterocycles. The SMILES string of the molecule is Cc1c(Cc2ccccc2)c(=O)oc2c(C)c(OCC(=O)OC(C)C)ccc12. The molecule has 0 aliphatic heterocycles. The lowest BCUT2D eigenvalue weighted by atomic mass is 9.98. The largest absolute Gasteiger partial charge is 0.481 e. The standard InChI is InChI=1S/C23H24O5/c1-14(2)27-21(24)13-26-20-11-10-18-15(3)19(12-17-8-6-5-7-9-17)23(25)28-22(18)16(20)4/h5-11,14H,12-13H2,1-4H3. The van der Waals surface area contributed by atoms with Crippen LogP contribution in [0.3, 0.4) is 0 Å². The van der Waals surface area contributed by atoms with E-state index in [-0.39, 0.29) is 18.3 Å². The molecule has 0 bridgehead atoms. The van der Waals surface area contributed by atoms with Crippen LogP contribution in [0.2, 0.25) is 0 Å². The fraction of sp³-hybridized carbons (Fsp3) is 0.304. The van der Waals surface area contributed by atoms with Crippen molar-refractivity contribution >= 4 is 16.9 Å². The van der Waals surface area contributed by atoms with E-state index >= 15 is 0 Å². The molecule has 1 aromatic heterocycles. The average Bonchev–Trinajstić information content (AvgIpc) is 2.65. The van der Waals surface area contributed by atoms with Crippen LogP contribution in [0, 0.1) is 13.8 Å². The maximum absolute atomic E-state index is 12.6. The molecule has 146 valence electrons.